The molecule has 2 atom stereocenters. The summed E-state index contributed by atoms with van der Waals surface area (Å²) in [7, 11) is -4.74. The van der Waals surface area contributed by atoms with Gasteiger partial charge in [0.15, 0.2) is 6.04 Å². The zero-order chi connectivity index (χ0) is 28.0. The molecule has 1 unspecified atom stereocenters. The van der Waals surface area contributed by atoms with E-state index in [4.69, 9.17) is 5.73 Å². The summed E-state index contributed by atoms with van der Waals surface area (Å²) in [5, 5.41) is 24.8. The molecule has 38 heavy (non-hydrogen) atoms. The van der Waals surface area contributed by atoms with Crippen LogP contribution in [0, 0.1) is 17.0 Å². The summed E-state index contributed by atoms with van der Waals surface area (Å²) in [6, 6.07) is 10.3. The molecule has 0 radical (unpaired) electrons. The van der Waals surface area contributed by atoms with Crippen molar-refractivity contribution in [3.63, 3.8) is 0 Å². The number of non-ortho nitro benzene ring substituents is 1. The van der Waals surface area contributed by atoms with E-state index in [9.17, 15) is 38.0 Å². The van der Waals surface area contributed by atoms with Gasteiger partial charge in [-0.15, -0.1) is 11.3 Å². The van der Waals surface area contributed by atoms with Gasteiger partial charge in [0, 0.05) is 23.6 Å². The van der Waals surface area contributed by atoms with Crippen LogP contribution in [0.25, 0.3) is 0 Å². The Morgan fingerprint density at radius 1 is 1.11 bits per heavy atom. The summed E-state index contributed by atoms with van der Waals surface area (Å²) < 4.78 is 27.3. The lowest BCUT2D eigenvalue weighted by Crippen LogP contribution is -2.53. The molecule has 14 heteroatoms. The van der Waals surface area contributed by atoms with Gasteiger partial charge >= 0.3 is 5.97 Å². The first-order valence-electron chi connectivity index (χ1n) is 11.1. The zero-order valence-electron chi connectivity index (χ0n) is 20.0. The molecule has 200 valence electrons. The number of thiophene rings is 1. The number of carbonyl (C=O) groups is 3. The average Bonchev–Trinajstić information content (AvgIpc) is 3.42. The highest BCUT2D eigenvalue weighted by Crippen LogP contribution is 2.27. The van der Waals surface area contributed by atoms with Gasteiger partial charge in [-0.2, -0.15) is 0 Å². The number of hydrogen-bond donors (Lipinski definition) is 3. The number of carboxylic acid groups (broad SMARTS) is 1. The van der Waals surface area contributed by atoms with Crippen LogP contribution in [0.3, 0.4) is 0 Å². The van der Waals surface area contributed by atoms with Crippen molar-refractivity contribution in [1.82, 2.24) is 9.62 Å². The van der Waals surface area contributed by atoms with E-state index < -0.39 is 51.2 Å². The van der Waals surface area contributed by atoms with Crippen molar-refractivity contribution in [2.24, 2.45) is 5.73 Å². The Morgan fingerprint density at radius 3 is 2.26 bits per heavy atom. The van der Waals surface area contributed by atoms with Gasteiger partial charge in [0.25, 0.3) is 21.6 Å². The summed E-state index contributed by atoms with van der Waals surface area (Å²) in [5.41, 5.74) is 7.10. The number of carbonyl (C=O) groups excluding carboxylic acids is 2. The van der Waals surface area contributed by atoms with E-state index in [1.54, 1.807) is 18.4 Å². The highest BCUT2D eigenvalue weighted by atomic mass is 32.2. The minimum absolute atomic E-state index is 0.115. The number of nitro benzene ring substituents is 1. The molecule has 3 rings (SSSR count). The van der Waals surface area contributed by atoms with Gasteiger partial charge in [0.2, 0.25) is 5.91 Å². The molecule has 2 aromatic carbocycles. The highest BCUT2D eigenvalue weighted by Gasteiger charge is 2.43. The maximum Gasteiger partial charge on any atom is 0.328 e. The minimum Gasteiger partial charge on any atom is -0.480 e. The molecule has 0 aliphatic rings. The fourth-order valence-electron chi connectivity index (χ4n) is 3.44. The van der Waals surface area contributed by atoms with Gasteiger partial charge in [-0.1, -0.05) is 35.9 Å². The van der Waals surface area contributed by atoms with Crippen molar-refractivity contribution in [2.75, 3.05) is 0 Å². The molecule has 12 nitrogen and oxygen atoms in total. The molecule has 0 fully saturated rings. The Hall–Kier alpha value is -4.14. The van der Waals surface area contributed by atoms with E-state index in [0.29, 0.717) is 10.4 Å². The number of amides is 2. The topological polar surface area (TPSA) is 190 Å². The number of rotatable bonds is 11. The number of sulfonamides is 1. The maximum absolute atomic E-state index is 13.6. The van der Waals surface area contributed by atoms with Crippen LogP contribution < -0.4 is 11.1 Å². The van der Waals surface area contributed by atoms with Crippen molar-refractivity contribution in [3.05, 3.63) is 92.2 Å². The summed E-state index contributed by atoms with van der Waals surface area (Å²) in [5.74, 6) is -3.79. The third-order valence-corrected chi connectivity index (χ3v) is 8.27. The Morgan fingerprint density at radius 2 is 1.74 bits per heavy atom. The molecule has 0 saturated heterocycles. The van der Waals surface area contributed by atoms with Crippen LogP contribution in [0.4, 0.5) is 5.69 Å². The number of benzene rings is 2. The van der Waals surface area contributed by atoms with Crippen molar-refractivity contribution in [1.29, 1.82) is 0 Å². The van der Waals surface area contributed by atoms with Gasteiger partial charge in [0.1, 0.15) is 6.04 Å². The first-order valence-corrected chi connectivity index (χ1v) is 13.4. The van der Waals surface area contributed by atoms with Gasteiger partial charge in [-0.05, 0) is 36.1 Å². The van der Waals surface area contributed by atoms with Crippen molar-refractivity contribution < 1.29 is 32.8 Å². The smallest absolute Gasteiger partial charge is 0.328 e. The van der Waals surface area contributed by atoms with Gasteiger partial charge < -0.3 is 16.2 Å². The molecule has 0 aliphatic heterocycles. The molecule has 0 bridgehead atoms. The predicted octanol–water partition coefficient (Wildman–Crippen LogP) is 2.34. The average molecular weight is 561 g/mol. The quantitative estimate of drug-likeness (QED) is 0.233. The van der Waals surface area contributed by atoms with Crippen LogP contribution >= 0.6 is 11.3 Å². The van der Waals surface area contributed by atoms with Crippen molar-refractivity contribution in [3.8, 4) is 0 Å². The number of carboxylic acids is 1. The monoisotopic (exact) mass is 560 g/mol. The Labute approximate surface area is 221 Å². The molecule has 0 saturated carbocycles. The molecular formula is C24H24N4O8S2. The number of aliphatic carboxylic acids is 1. The van der Waals surface area contributed by atoms with Crippen molar-refractivity contribution in [2.45, 2.75) is 36.9 Å². The number of nitrogens with one attached hydrogen (secondary N) is 1. The van der Waals surface area contributed by atoms with Gasteiger partial charge in [-0.3, -0.25) is 19.7 Å². The molecule has 1 aromatic heterocycles. The lowest BCUT2D eigenvalue weighted by atomic mass is 10.1. The number of nitro groups is 1. The minimum atomic E-state index is -4.74. The van der Waals surface area contributed by atoms with Gasteiger partial charge in [0.05, 0.1) is 16.2 Å². The fourth-order valence-corrected chi connectivity index (χ4v) is 5.72. The number of nitrogens with zero attached hydrogens (tertiary/aromatic N) is 2. The third kappa shape index (κ3) is 6.59. The third-order valence-electron chi connectivity index (χ3n) is 5.49. The van der Waals surface area contributed by atoms with E-state index in [2.05, 4.69) is 5.32 Å². The second-order valence-corrected chi connectivity index (χ2v) is 11.0. The van der Waals surface area contributed by atoms with Crippen molar-refractivity contribution >= 4 is 44.8 Å². The summed E-state index contributed by atoms with van der Waals surface area (Å²) in [6.45, 7) is 1.61. The van der Waals surface area contributed by atoms with E-state index in [-0.39, 0.29) is 21.4 Å². The lowest BCUT2D eigenvalue weighted by Gasteiger charge is -2.30. The van der Waals surface area contributed by atoms with Crippen LogP contribution in [0.1, 0.15) is 28.5 Å². The molecule has 4 N–H and O–H groups in total. The van der Waals surface area contributed by atoms with E-state index in [1.165, 1.54) is 54.6 Å². The first-order chi connectivity index (χ1) is 17.9. The Bertz CT molecular complexity index is 1420. The summed E-state index contributed by atoms with van der Waals surface area (Å²) >= 11 is 1.09. The van der Waals surface area contributed by atoms with Gasteiger partial charge in [-0.25, -0.2) is 17.5 Å². The van der Waals surface area contributed by atoms with Crippen LogP contribution in [-0.2, 0) is 31.0 Å². The highest BCUT2D eigenvalue weighted by molar-refractivity contribution is 7.89. The molecule has 0 aliphatic carbocycles. The van der Waals surface area contributed by atoms with Crippen LogP contribution in [0.15, 0.2) is 70.9 Å². The van der Waals surface area contributed by atoms with Crippen LogP contribution in [0.2, 0.25) is 0 Å². The number of nitrogens with two attached hydrogens (primary N) is 1. The zero-order valence-corrected chi connectivity index (χ0v) is 21.6. The normalized spacial score (nSPS) is 12.8. The van der Waals surface area contributed by atoms with E-state index in [1.807, 2.05) is 0 Å². The molecule has 1 heterocycles. The fraction of sp³-hybridized carbons (Fsp3) is 0.208. The first kappa shape index (κ1) is 28.4. The Kier molecular flexibility index (Phi) is 8.93. The lowest BCUT2D eigenvalue weighted by molar-refractivity contribution is -0.384. The van der Waals surface area contributed by atoms with Crippen LogP contribution in [-0.4, -0.2) is 46.6 Å². The SMILES string of the molecule is Cc1ccc(S(=O)(=O)N(C(=O)C(N)c2cccs2)[C@@H](CC(=O)NCc2ccc([N+](=O)[O-])cc2)C(=O)O)cc1. The predicted molar refractivity (Wildman–Crippen MR) is 137 cm³/mol. The van der Waals surface area contributed by atoms with E-state index >= 15 is 0 Å². The summed E-state index contributed by atoms with van der Waals surface area (Å²) in [4.78, 5) is 48.5. The number of aryl methyl sites for hydroxylation is 1. The Balaban J connectivity index is 1.90. The molecule has 2 amide bonds. The second kappa shape index (κ2) is 11.9. The standard InChI is InChI=1S/C24H24N4O8S2/c1-15-4-10-18(11-5-15)38(35,36)27(23(30)22(25)20-3-2-12-37-20)19(24(31)32)13-21(29)26-14-16-6-8-17(9-7-16)28(33)34/h2-12,19,22H,13-14,25H2,1H3,(H,26,29)(H,31,32)/t19-,22?/m0/s1. The second-order valence-electron chi connectivity index (χ2n) is 8.20. The molecule has 3 aromatic rings. The number of hydrogen-bond acceptors (Lipinski definition) is 9. The molecule has 0 spiro atoms. The van der Waals surface area contributed by atoms with Crippen LogP contribution in [0.5, 0.6) is 0 Å². The van der Waals surface area contributed by atoms with E-state index in [0.717, 1.165) is 16.9 Å². The largest absolute Gasteiger partial charge is 0.480 e. The molecular weight excluding hydrogens is 536 g/mol. The maximum atomic E-state index is 13.6. The summed E-state index contributed by atoms with van der Waals surface area (Å²) in [6.07, 6.45) is -0.893.